The molecule has 5 N–H and O–H groups in total. The molecule has 1 aliphatic heterocycles. The Balaban J connectivity index is 1.46. The molecule has 2 aliphatic carbocycles. The summed E-state index contributed by atoms with van der Waals surface area (Å²) >= 11 is 0. The predicted molar refractivity (Wildman–Crippen MR) is 157 cm³/mol. The van der Waals surface area contributed by atoms with Gasteiger partial charge in [0.1, 0.15) is 12.1 Å². The zero-order valence-corrected chi connectivity index (χ0v) is 25.1. The van der Waals surface area contributed by atoms with Gasteiger partial charge in [0.05, 0.1) is 6.04 Å². The summed E-state index contributed by atoms with van der Waals surface area (Å²) in [6.07, 6.45) is 12.3. The highest BCUT2D eigenvalue weighted by atomic mass is 16.2. The van der Waals surface area contributed by atoms with E-state index in [-0.39, 0.29) is 11.8 Å². The number of hydrogen-bond acceptors (Lipinski definition) is 6. The second kappa shape index (κ2) is 13.2. The Kier molecular flexibility index (Phi) is 9.89. The van der Waals surface area contributed by atoms with Crippen LogP contribution in [0.2, 0.25) is 0 Å². The normalized spacial score (nSPS) is 21.6. The number of hydrogen-bond donors (Lipinski definition) is 4. The molecule has 2 saturated carbocycles. The van der Waals surface area contributed by atoms with Crippen LogP contribution in [0.3, 0.4) is 0 Å². The minimum absolute atomic E-state index is 0.276. The molecule has 2 heterocycles. The van der Waals surface area contributed by atoms with Crippen LogP contribution in [-0.2, 0) is 25.6 Å². The van der Waals surface area contributed by atoms with Crippen molar-refractivity contribution in [2.24, 2.45) is 17.1 Å². The smallest absolute Gasteiger partial charge is 0.315 e. The van der Waals surface area contributed by atoms with Crippen LogP contribution >= 0.6 is 0 Å². The van der Waals surface area contributed by atoms with E-state index in [1.54, 1.807) is 6.20 Å². The zero-order valence-electron chi connectivity index (χ0n) is 25.1. The van der Waals surface area contributed by atoms with Gasteiger partial charge in [0.2, 0.25) is 17.6 Å². The number of nitrogens with two attached hydrogens (primary N) is 1. The number of carbonyl (C=O) groups excluding carboxylic acids is 5. The second-order valence-electron chi connectivity index (χ2n) is 13.4. The van der Waals surface area contributed by atoms with Gasteiger partial charge in [0.25, 0.3) is 5.91 Å². The van der Waals surface area contributed by atoms with Gasteiger partial charge in [-0.25, -0.2) is 4.79 Å². The third-order valence-electron chi connectivity index (χ3n) is 8.82. The highest BCUT2D eigenvalue weighted by Gasteiger charge is 2.44. The van der Waals surface area contributed by atoms with E-state index in [0.29, 0.717) is 32.2 Å². The maximum absolute atomic E-state index is 14.0. The molecule has 42 heavy (non-hydrogen) atoms. The molecule has 0 radical (unpaired) electrons. The first-order valence-electron chi connectivity index (χ1n) is 15.3. The maximum Gasteiger partial charge on any atom is 0.315 e. The lowest BCUT2D eigenvalue weighted by atomic mass is 9.77. The lowest BCUT2D eigenvalue weighted by Gasteiger charge is -2.40. The fourth-order valence-corrected chi connectivity index (χ4v) is 6.35. The van der Waals surface area contributed by atoms with E-state index in [0.717, 1.165) is 50.5 Å². The molecule has 5 amide bonds. The van der Waals surface area contributed by atoms with Crippen LogP contribution < -0.4 is 21.7 Å². The first-order chi connectivity index (χ1) is 19.9. The minimum Gasteiger partial charge on any atom is -0.363 e. The summed E-state index contributed by atoms with van der Waals surface area (Å²) in [5.41, 5.74) is 5.21. The third kappa shape index (κ3) is 8.07. The molecule has 0 aromatic carbocycles. The van der Waals surface area contributed by atoms with Gasteiger partial charge in [-0.2, -0.15) is 0 Å². The van der Waals surface area contributed by atoms with Crippen molar-refractivity contribution in [2.45, 2.75) is 115 Å². The Morgan fingerprint density at radius 3 is 2.36 bits per heavy atom. The number of ketones is 1. The Hall–Kier alpha value is -3.50. The van der Waals surface area contributed by atoms with Gasteiger partial charge >= 0.3 is 6.03 Å². The number of aromatic nitrogens is 1. The first kappa shape index (κ1) is 31.4. The highest BCUT2D eigenvalue weighted by molar-refractivity contribution is 6.37. The number of nitrogens with one attached hydrogen (secondary N) is 3. The van der Waals surface area contributed by atoms with E-state index in [1.807, 2.05) is 39.1 Å². The fourth-order valence-electron chi connectivity index (χ4n) is 6.35. The van der Waals surface area contributed by atoms with Crippen molar-refractivity contribution in [1.82, 2.24) is 25.8 Å². The number of Topliss-reactive ketones (excluding diaryl/α,β-unsaturated/α-hetero) is 1. The van der Waals surface area contributed by atoms with E-state index < -0.39 is 52.7 Å². The SMILES string of the molecule is CC(C)(C)[C@H](NC(=O)NC1(Cc2cccnc2)CCCCC1)C(=O)N1CCC[C@H]1C(=O)NC(CC1CC1)C(=O)C(N)=O. The second-order valence-corrected chi connectivity index (χ2v) is 13.4. The van der Waals surface area contributed by atoms with Crippen LogP contribution in [0.1, 0.15) is 90.5 Å². The van der Waals surface area contributed by atoms with Gasteiger partial charge in [-0.15, -0.1) is 0 Å². The minimum atomic E-state index is -1.08. The Bertz CT molecular complexity index is 1160. The molecule has 0 bridgehead atoms. The van der Waals surface area contributed by atoms with E-state index in [9.17, 15) is 24.0 Å². The molecule has 11 nitrogen and oxygen atoms in total. The average molecular weight is 583 g/mol. The molecule has 230 valence electrons. The Morgan fingerprint density at radius 2 is 1.76 bits per heavy atom. The lowest BCUT2D eigenvalue weighted by Crippen LogP contribution is -2.62. The number of pyridine rings is 1. The van der Waals surface area contributed by atoms with Crippen LogP contribution in [0.4, 0.5) is 4.79 Å². The number of carbonyl (C=O) groups is 5. The van der Waals surface area contributed by atoms with Crippen LogP contribution in [-0.4, -0.2) is 69.6 Å². The van der Waals surface area contributed by atoms with Gasteiger partial charge in [0, 0.05) is 24.5 Å². The molecule has 3 aliphatic rings. The van der Waals surface area contributed by atoms with E-state index in [2.05, 4.69) is 20.9 Å². The summed E-state index contributed by atoms with van der Waals surface area (Å²) in [4.78, 5) is 70.6. The number of likely N-dealkylation sites (tertiary alicyclic amines) is 1. The largest absolute Gasteiger partial charge is 0.363 e. The monoisotopic (exact) mass is 582 g/mol. The summed E-state index contributed by atoms with van der Waals surface area (Å²) in [6.45, 7) is 5.99. The van der Waals surface area contributed by atoms with Crippen LogP contribution in [0.15, 0.2) is 24.5 Å². The topological polar surface area (TPSA) is 164 Å². The fraction of sp³-hybridized carbons (Fsp3) is 0.677. The average Bonchev–Trinajstić information content (AvgIpc) is 3.61. The summed E-state index contributed by atoms with van der Waals surface area (Å²) in [7, 11) is 0. The lowest BCUT2D eigenvalue weighted by molar-refractivity contribution is -0.143. The van der Waals surface area contributed by atoms with Gasteiger partial charge < -0.3 is 26.6 Å². The molecule has 1 aromatic rings. The van der Waals surface area contributed by atoms with Crippen molar-refractivity contribution >= 4 is 29.5 Å². The molecular formula is C31H46N6O5. The van der Waals surface area contributed by atoms with Gasteiger partial charge in [-0.1, -0.05) is 58.9 Å². The van der Waals surface area contributed by atoms with Crippen molar-refractivity contribution in [3.05, 3.63) is 30.1 Å². The van der Waals surface area contributed by atoms with Crippen molar-refractivity contribution in [1.29, 1.82) is 0 Å². The van der Waals surface area contributed by atoms with E-state index in [1.165, 1.54) is 4.90 Å². The molecule has 1 unspecified atom stereocenters. The van der Waals surface area contributed by atoms with Crippen molar-refractivity contribution in [3.8, 4) is 0 Å². The summed E-state index contributed by atoms with van der Waals surface area (Å²) in [5.74, 6) is -2.45. The van der Waals surface area contributed by atoms with Crippen LogP contribution in [0.5, 0.6) is 0 Å². The zero-order chi connectivity index (χ0) is 30.5. The van der Waals surface area contributed by atoms with Crippen molar-refractivity contribution in [2.75, 3.05) is 6.54 Å². The van der Waals surface area contributed by atoms with Crippen molar-refractivity contribution < 1.29 is 24.0 Å². The summed E-state index contributed by atoms with van der Waals surface area (Å²) < 4.78 is 0. The molecule has 1 saturated heterocycles. The molecule has 0 spiro atoms. The molecule has 3 fully saturated rings. The molecule has 3 atom stereocenters. The third-order valence-corrected chi connectivity index (χ3v) is 8.82. The Morgan fingerprint density at radius 1 is 1.05 bits per heavy atom. The molecule has 1 aromatic heterocycles. The first-order valence-corrected chi connectivity index (χ1v) is 15.3. The highest BCUT2D eigenvalue weighted by Crippen LogP contribution is 2.34. The quantitative estimate of drug-likeness (QED) is 0.293. The molecule has 4 rings (SSSR count). The van der Waals surface area contributed by atoms with Gasteiger partial charge in [-0.05, 0) is 61.5 Å². The molecular weight excluding hydrogens is 536 g/mol. The van der Waals surface area contributed by atoms with Gasteiger partial charge in [-0.3, -0.25) is 24.2 Å². The number of nitrogens with zero attached hydrogens (tertiary/aromatic N) is 2. The number of rotatable bonds is 11. The standard InChI is InChI=1S/C31H46N6O5/c1-30(2,3)25(35-29(42)36-31(13-5-4-6-14-31)18-21-9-7-15-33-19-21)28(41)37-16-8-10-23(37)27(40)34-22(17-20-11-12-20)24(38)26(32)39/h7,9,15,19-20,22-23,25H,4-6,8,10-14,16-18H2,1-3H3,(H2,32,39)(H,34,40)(H2,35,36,42)/t22?,23-,25+/m0/s1. The van der Waals surface area contributed by atoms with E-state index in [4.69, 9.17) is 5.73 Å². The van der Waals surface area contributed by atoms with Crippen LogP contribution in [0, 0.1) is 11.3 Å². The Labute approximate surface area is 248 Å². The van der Waals surface area contributed by atoms with Crippen molar-refractivity contribution in [3.63, 3.8) is 0 Å². The maximum atomic E-state index is 14.0. The number of primary amides is 1. The number of amides is 5. The van der Waals surface area contributed by atoms with E-state index >= 15 is 0 Å². The summed E-state index contributed by atoms with van der Waals surface area (Å²) in [5, 5.41) is 8.89. The van der Waals surface area contributed by atoms with Crippen LogP contribution in [0.25, 0.3) is 0 Å². The predicted octanol–water partition coefficient (Wildman–Crippen LogP) is 2.37. The summed E-state index contributed by atoms with van der Waals surface area (Å²) in [6, 6.07) is 0.805. The number of urea groups is 1. The molecule has 11 heteroatoms. The van der Waals surface area contributed by atoms with Gasteiger partial charge in [0.15, 0.2) is 0 Å².